The number of rotatable bonds is 11. The van der Waals surface area contributed by atoms with E-state index in [9.17, 15) is 8.42 Å². The minimum atomic E-state index is -3.67. The van der Waals surface area contributed by atoms with Gasteiger partial charge in [-0.1, -0.05) is 12.7 Å². The highest BCUT2D eigenvalue weighted by Gasteiger charge is 2.40. The summed E-state index contributed by atoms with van der Waals surface area (Å²) in [5.41, 5.74) is 3.08. The van der Waals surface area contributed by atoms with E-state index in [1.54, 1.807) is 23.5 Å². The molecule has 0 bridgehead atoms. The molecule has 2 aliphatic heterocycles. The van der Waals surface area contributed by atoms with Crippen molar-refractivity contribution in [3.8, 4) is 5.75 Å². The number of ether oxygens (including phenoxy) is 1. The van der Waals surface area contributed by atoms with E-state index in [1.165, 1.54) is 18.5 Å². The van der Waals surface area contributed by atoms with Gasteiger partial charge in [-0.3, -0.25) is 4.98 Å². The Morgan fingerprint density at radius 1 is 1.07 bits per heavy atom. The summed E-state index contributed by atoms with van der Waals surface area (Å²) in [5, 5.41) is 0. The molecule has 1 aromatic carbocycles. The summed E-state index contributed by atoms with van der Waals surface area (Å²) in [7, 11) is -0.121. The van der Waals surface area contributed by atoms with E-state index >= 15 is 0 Å². The first kappa shape index (κ1) is 33.0. The monoisotopic (exact) mass is 634 g/mol. The number of aromatic nitrogens is 1. The van der Waals surface area contributed by atoms with E-state index in [2.05, 4.69) is 39.6 Å². The number of hydrogen-bond donors (Lipinski definition) is 0. The number of aryl methyl sites for hydroxylation is 2. The summed E-state index contributed by atoms with van der Waals surface area (Å²) in [6.07, 6.45) is 14.4. The largest absolute Gasteiger partial charge is 0.497 e. The van der Waals surface area contributed by atoms with Crippen LogP contribution in [0.3, 0.4) is 0 Å². The smallest absolute Gasteiger partial charge is 0.243 e. The third-order valence-corrected chi connectivity index (χ3v) is 12.1. The Balaban J connectivity index is 1.20. The van der Waals surface area contributed by atoms with Gasteiger partial charge < -0.3 is 19.4 Å². The Morgan fingerprint density at radius 3 is 2.22 bits per heavy atom. The van der Waals surface area contributed by atoms with E-state index in [4.69, 9.17) is 9.73 Å². The van der Waals surface area contributed by atoms with Crippen LogP contribution < -0.4 is 9.64 Å². The highest BCUT2D eigenvalue weighted by Crippen LogP contribution is 2.42. The average Bonchev–Trinajstić information content (AvgIpc) is 3.86. The van der Waals surface area contributed by atoms with Gasteiger partial charge >= 0.3 is 0 Å². The number of allylic oxidation sites excluding steroid dienone is 1. The van der Waals surface area contributed by atoms with Gasteiger partial charge in [-0.25, -0.2) is 13.4 Å². The first-order valence-electron chi connectivity index (χ1n) is 16.3. The third-order valence-electron chi connectivity index (χ3n) is 9.85. The Bertz CT molecular complexity index is 1480. The molecule has 1 aromatic heterocycles. The molecule has 1 aliphatic carbocycles. The number of sulfonamides is 1. The van der Waals surface area contributed by atoms with Crippen LogP contribution in [0.2, 0.25) is 0 Å². The van der Waals surface area contributed by atoms with Gasteiger partial charge in [0, 0.05) is 70.4 Å². The quantitative estimate of drug-likeness (QED) is 0.235. The topological polar surface area (TPSA) is 81.6 Å². The predicted molar refractivity (Wildman–Crippen MR) is 182 cm³/mol. The number of likely N-dealkylation sites (tertiary alicyclic amines) is 1. The van der Waals surface area contributed by atoms with E-state index in [0.29, 0.717) is 46.1 Å². The summed E-state index contributed by atoms with van der Waals surface area (Å²) in [6, 6.07) is 7.84. The molecule has 5 rings (SSSR count). The highest BCUT2D eigenvalue weighted by molar-refractivity contribution is 7.89. The molecule has 0 atom stereocenters. The molecule has 0 unspecified atom stereocenters. The molecule has 1 spiro atoms. The molecule has 2 aromatic rings. The van der Waals surface area contributed by atoms with Gasteiger partial charge in [0.15, 0.2) is 0 Å². The predicted octanol–water partition coefficient (Wildman–Crippen LogP) is 5.62. The number of hydrogen-bond acceptors (Lipinski definition) is 7. The lowest BCUT2D eigenvalue weighted by Crippen LogP contribution is -2.48. The summed E-state index contributed by atoms with van der Waals surface area (Å²) < 4.78 is 34.9. The molecule has 2 saturated heterocycles. The molecule has 0 radical (unpaired) electrons. The summed E-state index contributed by atoms with van der Waals surface area (Å²) >= 11 is 0. The zero-order chi connectivity index (χ0) is 32.2. The van der Waals surface area contributed by atoms with Crippen molar-refractivity contribution in [1.82, 2.24) is 19.1 Å². The number of likely N-dealkylation sites (N-methyl/N-ethyl adjacent to an activating group) is 1. The van der Waals surface area contributed by atoms with Gasteiger partial charge in [0.1, 0.15) is 17.4 Å². The molecule has 3 fully saturated rings. The number of methoxy groups -OCH3 is 1. The second-order valence-corrected chi connectivity index (χ2v) is 14.8. The van der Waals surface area contributed by atoms with Gasteiger partial charge in [-0.2, -0.15) is 4.31 Å². The van der Waals surface area contributed by atoms with Crippen LogP contribution in [0.25, 0.3) is 0 Å². The third kappa shape index (κ3) is 7.55. The molecule has 45 heavy (non-hydrogen) atoms. The molecule has 244 valence electrons. The molecule has 9 nitrogen and oxygen atoms in total. The second-order valence-electron chi connectivity index (χ2n) is 12.9. The van der Waals surface area contributed by atoms with E-state index in [-0.39, 0.29) is 6.04 Å². The van der Waals surface area contributed by atoms with Crippen molar-refractivity contribution in [2.24, 2.45) is 10.4 Å². The fraction of sp³-hybridized carbons (Fsp3) is 0.543. The van der Waals surface area contributed by atoms with E-state index < -0.39 is 10.0 Å². The minimum absolute atomic E-state index is 0.0388. The Labute approximate surface area is 270 Å². The lowest BCUT2D eigenvalue weighted by molar-refractivity contribution is 0.114. The Hall–Kier alpha value is -3.37. The zero-order valence-electron chi connectivity index (χ0n) is 27.7. The van der Waals surface area contributed by atoms with Crippen molar-refractivity contribution in [3.05, 3.63) is 72.3 Å². The minimum Gasteiger partial charge on any atom is -0.497 e. The highest BCUT2D eigenvalue weighted by atomic mass is 32.2. The molecule has 10 heteroatoms. The van der Waals surface area contributed by atoms with Gasteiger partial charge in [0.05, 0.1) is 12.0 Å². The van der Waals surface area contributed by atoms with Crippen LogP contribution in [0, 0.1) is 19.3 Å². The Morgan fingerprint density at radius 2 is 1.67 bits per heavy atom. The first-order chi connectivity index (χ1) is 21.6. The van der Waals surface area contributed by atoms with Crippen molar-refractivity contribution < 1.29 is 13.2 Å². The maximum atomic E-state index is 13.9. The van der Waals surface area contributed by atoms with Crippen LogP contribution in [-0.2, 0) is 10.0 Å². The van der Waals surface area contributed by atoms with Gasteiger partial charge in [0.25, 0.3) is 0 Å². The molecular formula is C35H50N6O3S. The Kier molecular flexibility index (Phi) is 10.2. The first-order valence-corrected chi connectivity index (χ1v) is 17.7. The fourth-order valence-electron chi connectivity index (χ4n) is 6.88. The molecule has 3 aliphatic rings. The SMILES string of the molecule is C=C(N=C(C=CC)N1CCC2(CC1)CCN(c1ccncc1)CC2)N(C)CCN(C1CC1)S(=O)(=O)c1c(C)cc(OC)cc1C. The van der Waals surface area contributed by atoms with Gasteiger partial charge in [-0.05, 0) is 106 Å². The van der Waals surface area contributed by atoms with Crippen molar-refractivity contribution in [2.45, 2.75) is 70.2 Å². The number of benzene rings is 1. The number of nitrogens with zero attached hydrogens (tertiary/aromatic N) is 6. The van der Waals surface area contributed by atoms with Gasteiger partial charge in [-0.15, -0.1) is 0 Å². The molecule has 0 N–H and O–H groups in total. The van der Waals surface area contributed by atoms with Crippen molar-refractivity contribution in [2.75, 3.05) is 58.3 Å². The average molecular weight is 635 g/mol. The zero-order valence-corrected chi connectivity index (χ0v) is 28.5. The maximum absolute atomic E-state index is 13.9. The standard InChI is InChI=1S/C35H50N6O3S/c1-7-8-33(40-21-15-35(16-22-40)13-19-39(20-14-35)30-11-17-36-18-12-30)37-29(4)38(5)23-24-41(31-9-10-31)45(42,43)34-27(2)25-32(44-6)26-28(34)3/h7-8,11-12,17-18,25-26,31H,4,9-10,13-16,19-24H2,1-3,5-6H3. The van der Waals surface area contributed by atoms with Crippen LogP contribution in [0.4, 0.5) is 5.69 Å². The summed E-state index contributed by atoms with van der Waals surface area (Å²) in [6.45, 7) is 15.0. The molecule has 0 amide bonds. The fourth-order valence-corrected chi connectivity index (χ4v) is 8.97. The number of pyridine rings is 1. The lowest BCUT2D eigenvalue weighted by Gasteiger charge is -2.47. The normalized spacial score (nSPS) is 19.0. The number of piperidine rings is 2. The van der Waals surface area contributed by atoms with Gasteiger partial charge in [0.2, 0.25) is 10.0 Å². The van der Waals surface area contributed by atoms with Crippen LogP contribution in [0.1, 0.15) is 56.6 Å². The number of anilines is 1. The van der Waals surface area contributed by atoms with Crippen molar-refractivity contribution >= 4 is 21.5 Å². The van der Waals surface area contributed by atoms with Crippen molar-refractivity contribution in [3.63, 3.8) is 0 Å². The lowest BCUT2D eigenvalue weighted by atomic mass is 9.71. The number of amidine groups is 1. The van der Waals surface area contributed by atoms with Crippen molar-refractivity contribution in [1.29, 1.82) is 0 Å². The summed E-state index contributed by atoms with van der Waals surface area (Å²) in [5.74, 6) is 2.23. The summed E-state index contributed by atoms with van der Waals surface area (Å²) in [4.78, 5) is 16.4. The molecule has 1 saturated carbocycles. The van der Waals surface area contributed by atoms with Crippen LogP contribution in [0.5, 0.6) is 5.75 Å². The van der Waals surface area contributed by atoms with E-state index in [1.807, 2.05) is 51.2 Å². The number of aliphatic imine (C=N–C) groups is 1. The second kappa shape index (κ2) is 14.0. The molecule has 3 heterocycles. The van der Waals surface area contributed by atoms with Crippen LogP contribution >= 0.6 is 0 Å². The van der Waals surface area contributed by atoms with Crippen LogP contribution in [0.15, 0.2) is 71.1 Å². The van der Waals surface area contributed by atoms with Crippen LogP contribution in [-0.4, -0.2) is 92.8 Å². The maximum Gasteiger partial charge on any atom is 0.243 e. The molecular weight excluding hydrogens is 584 g/mol. The van der Waals surface area contributed by atoms with E-state index in [0.717, 1.165) is 57.7 Å².